The molecule has 0 amide bonds. The van der Waals surface area contributed by atoms with E-state index in [2.05, 4.69) is 17.0 Å². The van der Waals surface area contributed by atoms with Crippen LogP contribution in [0.25, 0.3) is 0 Å². The highest BCUT2D eigenvalue weighted by atomic mass is 16.5. The van der Waals surface area contributed by atoms with E-state index in [9.17, 15) is 0 Å². The molecule has 21 heavy (non-hydrogen) atoms. The third kappa shape index (κ3) is 3.81. The molecule has 0 radical (unpaired) electrons. The summed E-state index contributed by atoms with van der Waals surface area (Å²) in [7, 11) is 0. The first-order valence-electron chi connectivity index (χ1n) is 7.13. The van der Waals surface area contributed by atoms with Crippen molar-refractivity contribution in [3.8, 4) is 5.75 Å². The van der Waals surface area contributed by atoms with Gasteiger partial charge in [0.15, 0.2) is 5.82 Å². The minimum absolute atomic E-state index is 0.0591. The summed E-state index contributed by atoms with van der Waals surface area (Å²) in [5.41, 5.74) is 6.11. The van der Waals surface area contributed by atoms with E-state index < -0.39 is 0 Å². The lowest BCUT2D eigenvalue weighted by Gasteiger charge is -2.08. The molecule has 1 aromatic carbocycles. The lowest BCUT2D eigenvalue weighted by molar-refractivity contribution is 0.288. The molecule has 2 aromatic rings. The molecule has 0 fully saturated rings. The van der Waals surface area contributed by atoms with Crippen LogP contribution >= 0.6 is 0 Å². The van der Waals surface area contributed by atoms with Gasteiger partial charge < -0.3 is 10.5 Å². The van der Waals surface area contributed by atoms with E-state index in [0.717, 1.165) is 30.2 Å². The lowest BCUT2D eigenvalue weighted by Crippen LogP contribution is -2.13. The average molecular weight is 287 g/mol. The third-order valence-electron chi connectivity index (χ3n) is 3.16. The van der Waals surface area contributed by atoms with Crippen molar-refractivity contribution in [2.24, 2.45) is 5.73 Å². The van der Waals surface area contributed by atoms with Gasteiger partial charge in [-0.2, -0.15) is 5.10 Å². The fraction of sp³-hybridized carbons (Fsp3) is 0.400. The largest absolute Gasteiger partial charge is 0.492 e. The molecule has 0 unspecified atom stereocenters. The lowest BCUT2D eigenvalue weighted by atomic mass is 10.2. The van der Waals surface area contributed by atoms with E-state index in [1.165, 1.54) is 0 Å². The van der Waals surface area contributed by atoms with Gasteiger partial charge in [0.05, 0.1) is 6.54 Å². The van der Waals surface area contributed by atoms with Gasteiger partial charge in [0, 0.05) is 18.4 Å². The van der Waals surface area contributed by atoms with E-state index in [0.29, 0.717) is 18.7 Å². The number of rotatable bonds is 7. The highest BCUT2D eigenvalue weighted by Crippen LogP contribution is 2.12. The van der Waals surface area contributed by atoms with Crippen molar-refractivity contribution in [2.45, 2.75) is 33.2 Å². The van der Waals surface area contributed by atoms with Crippen molar-refractivity contribution in [3.63, 3.8) is 0 Å². The van der Waals surface area contributed by atoms with Gasteiger partial charge >= 0.3 is 0 Å². The van der Waals surface area contributed by atoms with Crippen molar-refractivity contribution in [1.29, 1.82) is 5.41 Å². The Morgan fingerprint density at radius 1 is 1.24 bits per heavy atom. The van der Waals surface area contributed by atoms with Gasteiger partial charge in [-0.15, -0.1) is 0 Å². The van der Waals surface area contributed by atoms with Crippen LogP contribution in [-0.2, 0) is 19.4 Å². The van der Waals surface area contributed by atoms with Crippen LogP contribution in [0.1, 0.15) is 31.1 Å². The number of hydrogen-bond donors (Lipinski definition) is 2. The number of hydrogen-bond acceptors (Lipinski definition) is 4. The zero-order chi connectivity index (χ0) is 15.2. The number of benzene rings is 1. The Balaban J connectivity index is 1.92. The first-order chi connectivity index (χ1) is 10.1. The van der Waals surface area contributed by atoms with Crippen LogP contribution in [0.5, 0.6) is 5.75 Å². The summed E-state index contributed by atoms with van der Waals surface area (Å²) in [5.74, 6) is 2.68. The molecule has 0 aliphatic carbocycles. The summed E-state index contributed by atoms with van der Waals surface area (Å²) in [6.07, 6.45) is 1.70. The zero-order valence-corrected chi connectivity index (χ0v) is 12.5. The minimum Gasteiger partial charge on any atom is -0.492 e. The molecule has 112 valence electrons. The first kappa shape index (κ1) is 15.0. The van der Waals surface area contributed by atoms with Crippen LogP contribution in [-0.4, -0.2) is 27.2 Å². The predicted molar refractivity (Wildman–Crippen MR) is 81.7 cm³/mol. The zero-order valence-electron chi connectivity index (χ0n) is 12.5. The van der Waals surface area contributed by atoms with Gasteiger partial charge in [0.25, 0.3) is 0 Å². The molecule has 1 aromatic heterocycles. The Hall–Kier alpha value is -2.37. The van der Waals surface area contributed by atoms with Crippen molar-refractivity contribution in [1.82, 2.24) is 14.8 Å². The molecule has 0 spiro atoms. The molecule has 6 nitrogen and oxygen atoms in total. The van der Waals surface area contributed by atoms with Gasteiger partial charge in [0.1, 0.15) is 24.0 Å². The fourth-order valence-electron chi connectivity index (χ4n) is 2.00. The van der Waals surface area contributed by atoms with E-state index >= 15 is 0 Å². The highest BCUT2D eigenvalue weighted by molar-refractivity contribution is 5.94. The fourth-order valence-corrected chi connectivity index (χ4v) is 2.00. The van der Waals surface area contributed by atoms with E-state index in [-0.39, 0.29) is 5.84 Å². The van der Waals surface area contributed by atoms with Crippen molar-refractivity contribution in [3.05, 3.63) is 41.5 Å². The second-order valence-electron chi connectivity index (χ2n) is 4.66. The van der Waals surface area contributed by atoms with Gasteiger partial charge in [-0.3, -0.25) is 5.41 Å². The Morgan fingerprint density at radius 3 is 2.52 bits per heavy atom. The molecule has 0 atom stereocenters. The van der Waals surface area contributed by atoms with Crippen LogP contribution in [0.2, 0.25) is 0 Å². The maximum Gasteiger partial charge on any atom is 0.150 e. The second-order valence-corrected chi connectivity index (χ2v) is 4.66. The number of amidine groups is 1. The molecule has 6 heteroatoms. The average Bonchev–Trinajstić information content (AvgIpc) is 2.90. The Kier molecular flexibility index (Phi) is 4.92. The summed E-state index contributed by atoms with van der Waals surface area (Å²) < 4.78 is 7.59. The standard InChI is InChI=1S/C15H21N5O/c1-3-13-18-14(4-2)20(19-13)9-10-21-12-7-5-11(6-8-12)15(16)17/h5-8H,3-4,9-10H2,1-2H3,(H3,16,17). The summed E-state index contributed by atoms with van der Waals surface area (Å²) >= 11 is 0. The normalized spacial score (nSPS) is 10.6. The monoisotopic (exact) mass is 287 g/mol. The maximum absolute atomic E-state index is 7.34. The molecular weight excluding hydrogens is 266 g/mol. The Morgan fingerprint density at radius 2 is 1.95 bits per heavy atom. The number of nitrogens with zero attached hydrogens (tertiary/aromatic N) is 3. The number of nitrogens with two attached hydrogens (primary N) is 1. The quantitative estimate of drug-likeness (QED) is 0.600. The summed E-state index contributed by atoms with van der Waals surface area (Å²) in [6.45, 7) is 5.32. The van der Waals surface area contributed by atoms with Gasteiger partial charge in [-0.25, -0.2) is 9.67 Å². The predicted octanol–water partition coefficient (Wildman–Crippen LogP) is 1.77. The SMILES string of the molecule is CCc1nc(CC)n(CCOc2ccc(C(=N)N)cc2)n1. The summed E-state index contributed by atoms with van der Waals surface area (Å²) in [5, 5.41) is 11.8. The highest BCUT2D eigenvalue weighted by Gasteiger charge is 2.07. The number of ether oxygens (including phenoxy) is 1. The molecule has 0 aliphatic rings. The minimum atomic E-state index is 0.0591. The van der Waals surface area contributed by atoms with Crippen molar-refractivity contribution < 1.29 is 4.74 Å². The van der Waals surface area contributed by atoms with Crippen molar-refractivity contribution in [2.75, 3.05) is 6.61 Å². The first-order valence-corrected chi connectivity index (χ1v) is 7.13. The van der Waals surface area contributed by atoms with Gasteiger partial charge in [-0.1, -0.05) is 13.8 Å². The Labute approximate surface area is 124 Å². The smallest absolute Gasteiger partial charge is 0.150 e. The van der Waals surface area contributed by atoms with Gasteiger partial charge in [0.2, 0.25) is 0 Å². The molecule has 3 N–H and O–H groups in total. The summed E-state index contributed by atoms with van der Waals surface area (Å²) in [4.78, 5) is 4.46. The van der Waals surface area contributed by atoms with E-state index in [4.69, 9.17) is 15.9 Å². The number of aromatic nitrogens is 3. The number of aryl methyl sites for hydroxylation is 2. The van der Waals surface area contributed by atoms with Crippen LogP contribution in [0, 0.1) is 5.41 Å². The maximum atomic E-state index is 7.34. The third-order valence-corrected chi connectivity index (χ3v) is 3.16. The van der Waals surface area contributed by atoms with Crippen LogP contribution in [0.15, 0.2) is 24.3 Å². The second kappa shape index (κ2) is 6.88. The van der Waals surface area contributed by atoms with Crippen LogP contribution < -0.4 is 10.5 Å². The molecule has 0 bridgehead atoms. The van der Waals surface area contributed by atoms with E-state index in [1.807, 2.05) is 23.7 Å². The molecule has 1 heterocycles. The molecule has 2 rings (SSSR count). The number of nitrogens with one attached hydrogen (secondary N) is 1. The molecular formula is C15H21N5O. The molecule has 0 saturated carbocycles. The topological polar surface area (TPSA) is 89.8 Å². The van der Waals surface area contributed by atoms with Crippen molar-refractivity contribution >= 4 is 5.84 Å². The molecule has 0 aliphatic heterocycles. The molecule has 0 saturated heterocycles. The Bertz CT molecular complexity index is 603. The van der Waals surface area contributed by atoms with Crippen LogP contribution in [0.4, 0.5) is 0 Å². The van der Waals surface area contributed by atoms with Crippen LogP contribution in [0.3, 0.4) is 0 Å². The summed E-state index contributed by atoms with van der Waals surface area (Å²) in [6, 6.07) is 7.19. The van der Waals surface area contributed by atoms with Gasteiger partial charge in [-0.05, 0) is 24.3 Å². The van der Waals surface area contributed by atoms with E-state index in [1.54, 1.807) is 12.1 Å². The number of nitrogen functional groups attached to an aromatic ring is 1.